The molecule has 4 aliphatic carbocycles. The molecule has 2 aliphatic heterocycles. The van der Waals surface area contributed by atoms with Gasteiger partial charge < -0.3 is 29.2 Å². The Balaban J connectivity index is 1.15. The molecule has 7 heteroatoms. The van der Waals surface area contributed by atoms with Gasteiger partial charge in [-0.05, 0) is 99.4 Å². The molecule has 2 heterocycles. The maximum absolute atomic E-state index is 12.4. The second-order valence-corrected chi connectivity index (χ2v) is 13.6. The Morgan fingerprint density at radius 3 is 2.57 bits per heavy atom. The Kier molecular flexibility index (Phi) is 6.59. The molecule has 2 N–H and O–H groups in total. The number of aliphatic hydroxyl groups is 2. The summed E-state index contributed by atoms with van der Waals surface area (Å²) in [4.78, 5) is 11.8. The number of hydrogen-bond donors (Lipinski definition) is 2. The maximum atomic E-state index is 12.4. The van der Waals surface area contributed by atoms with E-state index in [9.17, 15) is 15.0 Å². The van der Waals surface area contributed by atoms with Gasteiger partial charge in [0.15, 0.2) is 6.29 Å². The number of methoxy groups -OCH3 is 1. The summed E-state index contributed by atoms with van der Waals surface area (Å²) in [6.07, 6.45) is 10.2. The number of esters is 1. The number of cyclic esters (lactones) is 1. The van der Waals surface area contributed by atoms with Crippen LogP contribution in [-0.2, 0) is 23.7 Å². The van der Waals surface area contributed by atoms with Crippen LogP contribution in [0, 0.1) is 34.5 Å². The maximum Gasteiger partial charge on any atom is 0.331 e. The highest BCUT2D eigenvalue weighted by Gasteiger charge is 2.67. The van der Waals surface area contributed by atoms with Crippen LogP contribution >= 0.6 is 0 Å². The van der Waals surface area contributed by atoms with E-state index in [1.54, 1.807) is 13.2 Å². The lowest BCUT2D eigenvalue weighted by Crippen LogP contribution is -2.62. The summed E-state index contributed by atoms with van der Waals surface area (Å²) in [5.74, 6) is 1.45. The first kappa shape index (κ1) is 26.2. The molecular weight excluding hydrogens is 472 g/mol. The van der Waals surface area contributed by atoms with Crippen LogP contribution in [0.3, 0.4) is 0 Å². The van der Waals surface area contributed by atoms with Crippen LogP contribution in [0.5, 0.6) is 0 Å². The summed E-state index contributed by atoms with van der Waals surface area (Å²) >= 11 is 0. The van der Waals surface area contributed by atoms with Gasteiger partial charge in [0.25, 0.3) is 0 Å². The minimum Gasteiger partial charge on any atom is -0.458 e. The molecule has 5 fully saturated rings. The van der Waals surface area contributed by atoms with E-state index in [0.717, 1.165) is 63.4 Å². The zero-order chi connectivity index (χ0) is 26.2. The molecule has 0 unspecified atom stereocenters. The normalized spacial score (nSPS) is 53.6. The van der Waals surface area contributed by atoms with Crippen molar-refractivity contribution in [3.8, 4) is 0 Å². The van der Waals surface area contributed by atoms with E-state index in [4.69, 9.17) is 18.9 Å². The molecule has 0 amide bonds. The molecule has 37 heavy (non-hydrogen) atoms. The highest BCUT2D eigenvalue weighted by atomic mass is 16.7. The van der Waals surface area contributed by atoms with Crippen molar-refractivity contribution in [2.75, 3.05) is 13.7 Å². The average Bonchev–Trinajstić information content (AvgIpc) is 3.41. The third kappa shape index (κ3) is 3.97. The van der Waals surface area contributed by atoms with Crippen molar-refractivity contribution in [1.82, 2.24) is 0 Å². The summed E-state index contributed by atoms with van der Waals surface area (Å²) in [6, 6.07) is 0. The van der Waals surface area contributed by atoms with E-state index in [1.807, 2.05) is 6.92 Å². The van der Waals surface area contributed by atoms with Gasteiger partial charge in [0.1, 0.15) is 12.7 Å². The van der Waals surface area contributed by atoms with Crippen molar-refractivity contribution in [2.24, 2.45) is 34.5 Å². The number of carbonyl (C=O) groups excluding carboxylic acids is 1. The fraction of sp³-hybridized carbons (Fsp3) is 0.900. The van der Waals surface area contributed by atoms with Gasteiger partial charge in [0, 0.05) is 25.0 Å². The summed E-state index contributed by atoms with van der Waals surface area (Å²) in [5, 5.41) is 22.7. The Hall–Kier alpha value is -0.990. The van der Waals surface area contributed by atoms with Gasteiger partial charge in [0.2, 0.25) is 0 Å². The van der Waals surface area contributed by atoms with Gasteiger partial charge in [-0.15, -0.1) is 0 Å². The van der Waals surface area contributed by atoms with Crippen molar-refractivity contribution in [3.63, 3.8) is 0 Å². The van der Waals surface area contributed by atoms with Gasteiger partial charge in [-0.2, -0.15) is 0 Å². The van der Waals surface area contributed by atoms with Crippen LogP contribution in [0.25, 0.3) is 0 Å². The van der Waals surface area contributed by atoms with Crippen molar-refractivity contribution < 1.29 is 34.0 Å². The first-order valence-electron chi connectivity index (χ1n) is 14.7. The van der Waals surface area contributed by atoms with Gasteiger partial charge in [-0.25, -0.2) is 4.79 Å². The number of fused-ring (bicyclic) bond motifs is 5. The Labute approximate surface area is 221 Å². The van der Waals surface area contributed by atoms with E-state index in [0.29, 0.717) is 30.8 Å². The lowest BCUT2D eigenvalue weighted by atomic mass is 9.43. The Bertz CT molecular complexity index is 935. The lowest BCUT2D eigenvalue weighted by molar-refractivity contribution is -0.273. The number of carbonyl (C=O) groups is 1. The van der Waals surface area contributed by atoms with Crippen LogP contribution in [0.4, 0.5) is 0 Å². The zero-order valence-electron chi connectivity index (χ0n) is 23.0. The molecule has 6 aliphatic rings. The number of rotatable bonds is 4. The van der Waals surface area contributed by atoms with Gasteiger partial charge in [-0.3, -0.25) is 0 Å². The first-order chi connectivity index (χ1) is 17.6. The summed E-state index contributed by atoms with van der Waals surface area (Å²) < 4.78 is 23.2. The number of ether oxygens (including phenoxy) is 4. The molecular formula is C30H46O7. The van der Waals surface area contributed by atoms with E-state index in [1.165, 1.54) is 0 Å². The second-order valence-electron chi connectivity index (χ2n) is 13.6. The predicted molar refractivity (Wildman–Crippen MR) is 136 cm³/mol. The molecule has 7 nitrogen and oxygen atoms in total. The second kappa shape index (κ2) is 9.29. The van der Waals surface area contributed by atoms with E-state index >= 15 is 0 Å². The van der Waals surface area contributed by atoms with E-state index in [-0.39, 0.29) is 47.3 Å². The van der Waals surface area contributed by atoms with Crippen LogP contribution in [0.1, 0.15) is 85.0 Å². The van der Waals surface area contributed by atoms with Crippen molar-refractivity contribution in [1.29, 1.82) is 0 Å². The van der Waals surface area contributed by atoms with Crippen LogP contribution in [0.15, 0.2) is 11.6 Å². The van der Waals surface area contributed by atoms with Gasteiger partial charge in [-0.1, -0.05) is 13.8 Å². The topological polar surface area (TPSA) is 94.5 Å². The quantitative estimate of drug-likeness (QED) is 0.427. The number of hydrogen-bond acceptors (Lipinski definition) is 7. The third-order valence-corrected chi connectivity index (χ3v) is 12.2. The Morgan fingerprint density at radius 2 is 1.84 bits per heavy atom. The summed E-state index contributed by atoms with van der Waals surface area (Å²) in [6.45, 7) is 7.07. The van der Waals surface area contributed by atoms with Crippen molar-refractivity contribution >= 4 is 5.97 Å². The third-order valence-electron chi connectivity index (χ3n) is 12.2. The Morgan fingerprint density at radius 1 is 1.03 bits per heavy atom. The first-order valence-corrected chi connectivity index (χ1v) is 14.7. The standard InChI is InChI=1S/C30H46O7/c1-17-27(32)24(34-4)15-26(36-17)37-20-7-10-28(2)19(14-20)5-6-23-22(28)8-11-29(3)21(9-12-30(23,29)33)18-13-25(31)35-16-18/h13,17,19-24,26-27,32-33H,5-12,14-16H2,1-4H3/t17-,19-,20-,21+,22+,23-,24+,26+,27-,28+,29-,30+/m1/s1. The van der Waals surface area contributed by atoms with Crippen molar-refractivity contribution in [2.45, 2.75) is 121 Å². The molecule has 0 aromatic heterocycles. The summed E-state index contributed by atoms with van der Waals surface area (Å²) in [7, 11) is 1.64. The van der Waals surface area contributed by atoms with E-state index < -0.39 is 11.7 Å². The fourth-order valence-corrected chi connectivity index (χ4v) is 10.0. The summed E-state index contributed by atoms with van der Waals surface area (Å²) in [5.41, 5.74) is 0.461. The SMILES string of the molecule is CO[C@H]1C[C@H](O[C@@H]2CC[C@@]3(C)[C@H](CC[C@@H]4[C@@H]3CC[C@]3(C)[C@H](C5=CC(=O)OC5)CC[C@]43O)C2)O[C@H](C)[C@H]1O. The average molecular weight is 519 g/mol. The molecule has 12 atom stereocenters. The van der Waals surface area contributed by atoms with Crippen molar-refractivity contribution in [3.05, 3.63) is 11.6 Å². The molecule has 208 valence electrons. The molecule has 0 aromatic carbocycles. The molecule has 1 saturated heterocycles. The minimum atomic E-state index is -0.670. The molecule has 6 rings (SSSR count). The molecule has 0 aromatic rings. The fourth-order valence-electron chi connectivity index (χ4n) is 10.0. The predicted octanol–water partition coefficient (Wildman–Crippen LogP) is 4.14. The van der Waals surface area contributed by atoms with E-state index in [2.05, 4.69) is 13.8 Å². The highest BCUT2D eigenvalue weighted by molar-refractivity contribution is 5.85. The minimum absolute atomic E-state index is 0.166. The van der Waals surface area contributed by atoms with Crippen LogP contribution < -0.4 is 0 Å². The molecule has 0 radical (unpaired) electrons. The lowest BCUT2D eigenvalue weighted by Gasteiger charge is -2.64. The van der Waals surface area contributed by atoms with Gasteiger partial charge >= 0.3 is 5.97 Å². The largest absolute Gasteiger partial charge is 0.458 e. The van der Waals surface area contributed by atoms with Gasteiger partial charge in [0.05, 0.1) is 23.9 Å². The highest BCUT2D eigenvalue weighted by Crippen LogP contribution is 2.70. The molecule has 0 bridgehead atoms. The molecule has 0 spiro atoms. The smallest absolute Gasteiger partial charge is 0.331 e. The number of aliphatic hydroxyl groups excluding tert-OH is 1. The monoisotopic (exact) mass is 518 g/mol. The zero-order valence-corrected chi connectivity index (χ0v) is 23.0. The molecule has 4 saturated carbocycles. The van der Waals surface area contributed by atoms with Crippen LogP contribution in [0.2, 0.25) is 0 Å². The van der Waals surface area contributed by atoms with Crippen LogP contribution in [-0.4, -0.2) is 66.2 Å².